The summed E-state index contributed by atoms with van der Waals surface area (Å²) in [6, 6.07) is -0.821. The van der Waals surface area contributed by atoms with Crippen LogP contribution in [0, 0.1) is 0 Å². The number of ether oxygens (including phenoxy) is 2. The Morgan fingerprint density at radius 1 is 0.702 bits per heavy atom. The van der Waals surface area contributed by atoms with Gasteiger partial charge in [0, 0.05) is 6.42 Å². The third-order valence-corrected chi connectivity index (χ3v) is 8.69. The Kier molecular flexibility index (Phi) is 27.1. The Labute approximate surface area is 285 Å². The van der Waals surface area contributed by atoms with Crippen LogP contribution in [0.4, 0.5) is 0 Å². The molecule has 1 aliphatic rings. The Morgan fingerprint density at radius 2 is 1.21 bits per heavy atom. The topological polar surface area (TPSA) is 149 Å². The summed E-state index contributed by atoms with van der Waals surface area (Å²) in [6.45, 7) is 3.67. The van der Waals surface area contributed by atoms with Crippen LogP contribution in [-0.2, 0) is 14.3 Å². The number of aliphatic hydroxyl groups excluding tert-OH is 5. The predicted molar refractivity (Wildman–Crippen MR) is 189 cm³/mol. The van der Waals surface area contributed by atoms with E-state index in [9.17, 15) is 30.3 Å². The van der Waals surface area contributed by atoms with Crippen LogP contribution in [0.25, 0.3) is 0 Å². The van der Waals surface area contributed by atoms with E-state index in [0.717, 1.165) is 57.8 Å². The normalized spacial score (nSPS) is 23.3. The van der Waals surface area contributed by atoms with Crippen molar-refractivity contribution < 1.29 is 39.8 Å². The lowest BCUT2D eigenvalue weighted by Gasteiger charge is -2.40. The molecule has 1 heterocycles. The Bertz CT molecular complexity index is 833. The standard InChI is InChI=1S/C38H69NO8/c1-3-5-7-9-11-13-15-16-17-18-20-22-24-26-28-34(42)39-31(30-46-38-37(45)36(44)35(43)33(29-40)47-38)32(41)27-25-23-21-19-14-12-10-8-6-4-2/h14-16,19,25,27,31-33,35-38,40-41,43-45H,3-13,17-18,20-24,26,28-30H2,1-2H3,(H,39,42)/b16-15+,19-14+,27-25+/t31-,32+,33-,35-,36?,37?,38-/m0/s1. The zero-order valence-corrected chi connectivity index (χ0v) is 29.5. The molecule has 0 spiro atoms. The van der Waals surface area contributed by atoms with Gasteiger partial charge in [-0.1, -0.05) is 115 Å². The molecule has 0 aromatic rings. The molecule has 0 radical (unpaired) electrons. The zero-order valence-electron chi connectivity index (χ0n) is 29.5. The van der Waals surface area contributed by atoms with Gasteiger partial charge < -0.3 is 40.3 Å². The molecule has 7 atom stereocenters. The minimum Gasteiger partial charge on any atom is -0.394 e. The quantitative estimate of drug-likeness (QED) is 0.0411. The molecule has 9 nitrogen and oxygen atoms in total. The molecule has 0 aliphatic carbocycles. The van der Waals surface area contributed by atoms with Crippen LogP contribution in [0.15, 0.2) is 36.5 Å². The maximum absolute atomic E-state index is 12.8. The van der Waals surface area contributed by atoms with Crippen LogP contribution in [0.3, 0.4) is 0 Å². The van der Waals surface area contributed by atoms with Crippen molar-refractivity contribution in [1.29, 1.82) is 0 Å². The molecule has 1 fully saturated rings. The summed E-state index contributed by atoms with van der Waals surface area (Å²) in [7, 11) is 0. The lowest BCUT2D eigenvalue weighted by molar-refractivity contribution is -0.302. The fourth-order valence-corrected chi connectivity index (χ4v) is 5.57. The summed E-state index contributed by atoms with van der Waals surface area (Å²) >= 11 is 0. The van der Waals surface area contributed by atoms with E-state index in [1.54, 1.807) is 6.08 Å². The van der Waals surface area contributed by atoms with E-state index in [4.69, 9.17) is 9.47 Å². The monoisotopic (exact) mass is 668 g/mol. The fraction of sp³-hybridized carbons (Fsp3) is 0.816. The molecule has 0 aromatic heterocycles. The van der Waals surface area contributed by atoms with E-state index < -0.39 is 49.5 Å². The molecular weight excluding hydrogens is 598 g/mol. The van der Waals surface area contributed by atoms with Crippen LogP contribution in [0.5, 0.6) is 0 Å². The average molecular weight is 668 g/mol. The van der Waals surface area contributed by atoms with Crippen LogP contribution < -0.4 is 5.32 Å². The van der Waals surface area contributed by atoms with Gasteiger partial charge in [0.1, 0.15) is 24.4 Å². The van der Waals surface area contributed by atoms with E-state index in [1.165, 1.54) is 64.2 Å². The van der Waals surface area contributed by atoms with Crippen molar-refractivity contribution in [3.63, 3.8) is 0 Å². The van der Waals surface area contributed by atoms with Gasteiger partial charge in [-0.25, -0.2) is 0 Å². The van der Waals surface area contributed by atoms with Crippen LogP contribution in [0.2, 0.25) is 0 Å². The summed E-state index contributed by atoms with van der Waals surface area (Å²) in [5, 5.41) is 53.7. The maximum Gasteiger partial charge on any atom is 0.220 e. The second kappa shape index (κ2) is 29.3. The molecule has 0 saturated carbocycles. The highest BCUT2D eigenvalue weighted by Crippen LogP contribution is 2.22. The van der Waals surface area contributed by atoms with Crippen LogP contribution in [-0.4, -0.2) is 87.5 Å². The highest BCUT2D eigenvalue weighted by molar-refractivity contribution is 5.76. The third kappa shape index (κ3) is 21.2. The van der Waals surface area contributed by atoms with E-state index in [2.05, 4.69) is 43.5 Å². The molecule has 1 aliphatic heterocycles. The lowest BCUT2D eigenvalue weighted by atomic mass is 9.99. The van der Waals surface area contributed by atoms with Crippen molar-refractivity contribution in [2.24, 2.45) is 0 Å². The Morgan fingerprint density at radius 3 is 1.81 bits per heavy atom. The molecule has 6 N–H and O–H groups in total. The van der Waals surface area contributed by atoms with Gasteiger partial charge in [-0.15, -0.1) is 0 Å². The number of aliphatic hydroxyl groups is 5. The summed E-state index contributed by atoms with van der Waals surface area (Å²) in [5.41, 5.74) is 0. The zero-order chi connectivity index (χ0) is 34.5. The first-order valence-corrected chi connectivity index (χ1v) is 18.7. The van der Waals surface area contributed by atoms with Gasteiger partial charge in [-0.2, -0.15) is 0 Å². The third-order valence-electron chi connectivity index (χ3n) is 8.69. The maximum atomic E-state index is 12.8. The summed E-state index contributed by atoms with van der Waals surface area (Å²) in [4.78, 5) is 12.8. The van der Waals surface area contributed by atoms with E-state index in [1.807, 2.05) is 6.08 Å². The van der Waals surface area contributed by atoms with Crippen molar-refractivity contribution in [1.82, 2.24) is 5.32 Å². The van der Waals surface area contributed by atoms with Gasteiger partial charge in [-0.3, -0.25) is 4.79 Å². The van der Waals surface area contributed by atoms with Crippen LogP contribution in [0.1, 0.15) is 142 Å². The number of nitrogens with one attached hydrogen (secondary N) is 1. The largest absolute Gasteiger partial charge is 0.394 e. The van der Waals surface area contributed by atoms with Crippen molar-refractivity contribution in [3.05, 3.63) is 36.5 Å². The second-order valence-electron chi connectivity index (χ2n) is 13.0. The van der Waals surface area contributed by atoms with E-state index in [-0.39, 0.29) is 12.5 Å². The number of rotatable bonds is 29. The Hall–Kier alpha value is -1.59. The van der Waals surface area contributed by atoms with Gasteiger partial charge in [0.2, 0.25) is 5.91 Å². The second-order valence-corrected chi connectivity index (χ2v) is 13.0. The first-order valence-electron chi connectivity index (χ1n) is 18.7. The molecule has 9 heteroatoms. The number of hydrogen-bond donors (Lipinski definition) is 6. The molecule has 0 aromatic carbocycles. The molecule has 1 rings (SSSR count). The predicted octanol–water partition coefficient (Wildman–Crippen LogP) is 6.16. The van der Waals surface area contributed by atoms with Crippen molar-refractivity contribution in [3.8, 4) is 0 Å². The van der Waals surface area contributed by atoms with Gasteiger partial charge in [0.15, 0.2) is 6.29 Å². The van der Waals surface area contributed by atoms with E-state index in [0.29, 0.717) is 6.42 Å². The smallest absolute Gasteiger partial charge is 0.220 e. The number of hydrogen-bond acceptors (Lipinski definition) is 8. The number of amides is 1. The van der Waals surface area contributed by atoms with Gasteiger partial charge in [0.05, 0.1) is 25.4 Å². The van der Waals surface area contributed by atoms with E-state index >= 15 is 0 Å². The average Bonchev–Trinajstić information content (AvgIpc) is 3.07. The first kappa shape index (κ1) is 43.4. The van der Waals surface area contributed by atoms with Gasteiger partial charge in [-0.05, 0) is 57.8 Å². The molecule has 274 valence electrons. The number of carbonyl (C=O) groups is 1. The molecule has 47 heavy (non-hydrogen) atoms. The number of allylic oxidation sites excluding steroid dienone is 5. The highest BCUT2D eigenvalue weighted by Gasteiger charge is 2.44. The fourth-order valence-electron chi connectivity index (χ4n) is 5.57. The van der Waals surface area contributed by atoms with Crippen molar-refractivity contribution in [2.45, 2.75) is 185 Å². The van der Waals surface area contributed by atoms with Gasteiger partial charge >= 0.3 is 0 Å². The molecule has 1 amide bonds. The molecular formula is C38H69NO8. The van der Waals surface area contributed by atoms with Crippen molar-refractivity contribution in [2.75, 3.05) is 13.2 Å². The minimum atomic E-state index is -1.57. The summed E-state index contributed by atoms with van der Waals surface area (Å²) in [5.74, 6) is -0.201. The highest BCUT2D eigenvalue weighted by atomic mass is 16.7. The molecule has 1 saturated heterocycles. The lowest BCUT2D eigenvalue weighted by Crippen LogP contribution is -2.60. The summed E-state index contributed by atoms with van der Waals surface area (Å²) < 4.78 is 11.1. The van der Waals surface area contributed by atoms with Crippen LogP contribution >= 0.6 is 0 Å². The van der Waals surface area contributed by atoms with Gasteiger partial charge in [0.25, 0.3) is 0 Å². The van der Waals surface area contributed by atoms with Crippen molar-refractivity contribution >= 4 is 5.91 Å². The molecule has 2 unspecified atom stereocenters. The minimum absolute atomic E-state index is 0.201. The Balaban J connectivity index is 2.49. The molecule has 0 bridgehead atoms. The number of unbranched alkanes of at least 4 members (excludes halogenated alkanes) is 15. The SMILES string of the molecule is CCCCCC/C=C/CC/C=C/[C@@H](O)[C@H](CO[C@H]1O[C@@H](CO)[C@H](O)C(O)C1O)NC(=O)CCCCCCC/C=C/CCCCCCC. The first-order chi connectivity index (χ1) is 22.8. The number of carbonyl (C=O) groups excluding carboxylic acids is 1. The summed E-state index contributed by atoms with van der Waals surface area (Å²) in [6.07, 6.45) is 26.2.